The van der Waals surface area contributed by atoms with Gasteiger partial charge in [0.25, 0.3) is 0 Å². The summed E-state index contributed by atoms with van der Waals surface area (Å²) in [5.41, 5.74) is -1.56. The molecule has 0 atom stereocenters. The van der Waals surface area contributed by atoms with Gasteiger partial charge >= 0.3 is 17.7 Å². The van der Waals surface area contributed by atoms with E-state index in [0.29, 0.717) is 12.8 Å². The van der Waals surface area contributed by atoms with E-state index in [4.69, 9.17) is 5.11 Å². The lowest BCUT2D eigenvalue weighted by atomic mass is 10.1. The Labute approximate surface area is 118 Å². The second-order valence-corrected chi connectivity index (χ2v) is 4.82. The summed E-state index contributed by atoms with van der Waals surface area (Å²) < 4.78 is 13.4. The zero-order chi connectivity index (χ0) is 15.6. The monoisotopic (exact) mass is 297 g/mol. The fraction of sp³-hybridized carbons (Fsp3) is 0.333. The van der Waals surface area contributed by atoms with Gasteiger partial charge in [0.05, 0.1) is 10.3 Å². The van der Waals surface area contributed by atoms with Crippen LogP contribution < -0.4 is 10.6 Å². The van der Waals surface area contributed by atoms with Crippen LogP contribution in [0.2, 0.25) is 0 Å². The second-order valence-electron chi connectivity index (χ2n) is 4.82. The van der Waals surface area contributed by atoms with Gasteiger partial charge in [0.15, 0.2) is 0 Å². The molecular formula is C12H12FN3O5. The van der Waals surface area contributed by atoms with Gasteiger partial charge in [-0.05, 0) is 18.9 Å². The SMILES string of the molecule is O=C(NCC1(C(=O)O)CC1)Nc1ccc([N+](=O)[O-])c(F)c1. The number of amides is 2. The fourth-order valence-corrected chi connectivity index (χ4v) is 1.77. The van der Waals surface area contributed by atoms with Crippen molar-refractivity contribution in [3.63, 3.8) is 0 Å². The Morgan fingerprint density at radius 1 is 1.43 bits per heavy atom. The third-order valence-electron chi connectivity index (χ3n) is 3.30. The molecule has 2 rings (SSSR count). The number of aliphatic carboxylic acids is 1. The lowest BCUT2D eigenvalue weighted by Crippen LogP contribution is -2.36. The van der Waals surface area contributed by atoms with E-state index in [9.17, 15) is 24.1 Å². The lowest BCUT2D eigenvalue weighted by Gasteiger charge is -2.12. The standard InChI is InChI=1S/C12H12FN3O5/c13-8-5-7(1-2-9(8)16(20)21)15-11(19)14-6-12(3-4-12)10(17)18/h1-2,5H,3-4,6H2,(H,17,18)(H2,14,15,19). The van der Waals surface area contributed by atoms with Gasteiger partial charge in [0.1, 0.15) is 0 Å². The molecule has 0 aromatic heterocycles. The summed E-state index contributed by atoms with van der Waals surface area (Å²) in [6.07, 6.45) is 0.990. The Bertz CT molecular complexity index is 615. The molecule has 112 valence electrons. The van der Waals surface area contributed by atoms with Crippen LogP contribution in [-0.2, 0) is 4.79 Å². The predicted molar refractivity (Wildman–Crippen MR) is 69.4 cm³/mol. The molecule has 1 aromatic rings. The van der Waals surface area contributed by atoms with Gasteiger partial charge in [-0.15, -0.1) is 0 Å². The van der Waals surface area contributed by atoms with Gasteiger partial charge in [-0.2, -0.15) is 4.39 Å². The van der Waals surface area contributed by atoms with E-state index in [-0.39, 0.29) is 12.2 Å². The minimum atomic E-state index is -1.07. The molecule has 8 nitrogen and oxygen atoms in total. The number of hydrogen-bond donors (Lipinski definition) is 3. The van der Waals surface area contributed by atoms with E-state index in [0.717, 1.165) is 12.1 Å². The van der Waals surface area contributed by atoms with Gasteiger partial charge in [-0.25, -0.2) is 4.79 Å². The number of nitrogens with zero attached hydrogens (tertiary/aromatic N) is 1. The van der Waals surface area contributed by atoms with Crippen LogP contribution in [0.15, 0.2) is 18.2 Å². The molecule has 1 aliphatic rings. The van der Waals surface area contributed by atoms with Crippen molar-refractivity contribution in [1.82, 2.24) is 5.32 Å². The van der Waals surface area contributed by atoms with Crippen LogP contribution >= 0.6 is 0 Å². The Morgan fingerprint density at radius 3 is 2.57 bits per heavy atom. The molecule has 2 amide bonds. The van der Waals surface area contributed by atoms with Gasteiger partial charge in [-0.1, -0.05) is 0 Å². The van der Waals surface area contributed by atoms with Crippen molar-refractivity contribution in [2.45, 2.75) is 12.8 Å². The van der Waals surface area contributed by atoms with Crippen LogP contribution in [0.1, 0.15) is 12.8 Å². The Balaban J connectivity index is 1.93. The number of rotatable bonds is 5. The number of benzene rings is 1. The number of nitro groups is 1. The normalized spacial score (nSPS) is 15.1. The number of hydrogen-bond acceptors (Lipinski definition) is 4. The number of anilines is 1. The van der Waals surface area contributed by atoms with E-state index >= 15 is 0 Å². The highest BCUT2D eigenvalue weighted by atomic mass is 19.1. The summed E-state index contributed by atoms with van der Waals surface area (Å²) in [7, 11) is 0. The Kier molecular flexibility index (Phi) is 3.74. The van der Waals surface area contributed by atoms with E-state index in [1.807, 2.05) is 0 Å². The summed E-state index contributed by atoms with van der Waals surface area (Å²) in [5, 5.41) is 24.1. The number of halogens is 1. The lowest BCUT2D eigenvalue weighted by molar-refractivity contribution is -0.387. The quantitative estimate of drug-likeness (QED) is 0.564. The van der Waals surface area contributed by atoms with E-state index in [2.05, 4.69) is 10.6 Å². The maximum absolute atomic E-state index is 13.4. The fourth-order valence-electron chi connectivity index (χ4n) is 1.77. The summed E-state index contributed by atoms with van der Waals surface area (Å²) in [4.78, 5) is 32.1. The molecule has 3 N–H and O–H groups in total. The van der Waals surface area contributed by atoms with Gasteiger partial charge in [0.2, 0.25) is 5.82 Å². The molecular weight excluding hydrogens is 285 g/mol. The van der Waals surface area contributed by atoms with Crippen molar-refractivity contribution in [3.8, 4) is 0 Å². The number of carboxylic acids is 1. The van der Waals surface area contributed by atoms with Crippen molar-refractivity contribution < 1.29 is 24.0 Å². The molecule has 0 spiro atoms. The Morgan fingerprint density at radius 2 is 2.10 bits per heavy atom. The van der Waals surface area contributed by atoms with Crippen molar-refractivity contribution in [1.29, 1.82) is 0 Å². The topological polar surface area (TPSA) is 122 Å². The van der Waals surface area contributed by atoms with Crippen LogP contribution in [0.25, 0.3) is 0 Å². The Hall–Kier alpha value is -2.71. The van der Waals surface area contributed by atoms with Gasteiger partial charge in [0, 0.05) is 24.4 Å². The third-order valence-corrected chi connectivity index (χ3v) is 3.30. The molecule has 1 aliphatic carbocycles. The molecule has 0 unspecified atom stereocenters. The average molecular weight is 297 g/mol. The summed E-state index contributed by atoms with van der Waals surface area (Å²) >= 11 is 0. The number of urea groups is 1. The third kappa shape index (κ3) is 3.25. The van der Waals surface area contributed by atoms with Crippen molar-refractivity contribution in [2.75, 3.05) is 11.9 Å². The minimum Gasteiger partial charge on any atom is -0.481 e. The zero-order valence-corrected chi connectivity index (χ0v) is 10.8. The predicted octanol–water partition coefficient (Wildman–Crippen LogP) is 1.72. The largest absolute Gasteiger partial charge is 0.481 e. The van der Waals surface area contributed by atoms with Crippen LogP contribution in [0, 0.1) is 21.3 Å². The van der Waals surface area contributed by atoms with E-state index < -0.39 is 33.8 Å². The first kappa shape index (κ1) is 14.7. The number of carbonyl (C=O) groups is 2. The van der Waals surface area contributed by atoms with Crippen LogP contribution in [0.4, 0.5) is 20.6 Å². The van der Waals surface area contributed by atoms with Crippen molar-refractivity contribution >= 4 is 23.4 Å². The highest BCUT2D eigenvalue weighted by molar-refractivity contribution is 5.90. The van der Waals surface area contributed by atoms with Crippen LogP contribution in [-0.4, -0.2) is 28.6 Å². The van der Waals surface area contributed by atoms with Crippen molar-refractivity contribution in [3.05, 3.63) is 34.1 Å². The van der Waals surface area contributed by atoms with E-state index in [1.54, 1.807) is 0 Å². The maximum atomic E-state index is 13.4. The smallest absolute Gasteiger partial charge is 0.319 e. The minimum absolute atomic E-state index is 0.0242. The number of nitro benzene ring substituents is 1. The number of carboxylic acid groups (broad SMARTS) is 1. The first-order chi connectivity index (χ1) is 9.84. The van der Waals surface area contributed by atoms with Crippen LogP contribution in [0.3, 0.4) is 0 Å². The molecule has 1 saturated carbocycles. The highest BCUT2D eigenvalue weighted by Gasteiger charge is 2.50. The highest BCUT2D eigenvalue weighted by Crippen LogP contribution is 2.45. The molecule has 0 aliphatic heterocycles. The van der Waals surface area contributed by atoms with E-state index in [1.165, 1.54) is 6.07 Å². The number of carbonyl (C=O) groups excluding carboxylic acids is 1. The average Bonchev–Trinajstić information content (AvgIpc) is 3.17. The van der Waals surface area contributed by atoms with Gasteiger partial charge < -0.3 is 15.7 Å². The number of nitrogens with one attached hydrogen (secondary N) is 2. The first-order valence-electron chi connectivity index (χ1n) is 6.06. The summed E-state index contributed by atoms with van der Waals surface area (Å²) in [6.45, 7) is -0.0242. The summed E-state index contributed by atoms with van der Waals surface area (Å²) in [6, 6.07) is 2.24. The molecule has 1 aromatic carbocycles. The summed E-state index contributed by atoms with van der Waals surface area (Å²) in [5.74, 6) is -2.04. The van der Waals surface area contributed by atoms with Gasteiger partial charge in [-0.3, -0.25) is 14.9 Å². The maximum Gasteiger partial charge on any atom is 0.319 e. The second kappa shape index (κ2) is 5.35. The molecule has 0 bridgehead atoms. The molecule has 0 heterocycles. The molecule has 9 heteroatoms. The molecule has 0 radical (unpaired) electrons. The van der Waals surface area contributed by atoms with Crippen molar-refractivity contribution in [2.24, 2.45) is 5.41 Å². The molecule has 21 heavy (non-hydrogen) atoms. The molecule has 0 saturated heterocycles. The zero-order valence-electron chi connectivity index (χ0n) is 10.8. The first-order valence-corrected chi connectivity index (χ1v) is 6.06. The molecule has 1 fully saturated rings. The van der Waals surface area contributed by atoms with Crippen LogP contribution in [0.5, 0.6) is 0 Å².